The Bertz CT molecular complexity index is 515. The van der Waals surface area contributed by atoms with Crippen LogP contribution in [-0.2, 0) is 0 Å². The molecule has 1 N–H and O–H groups in total. The fourth-order valence-electron chi connectivity index (χ4n) is 4.40. The molecular weight excluding hydrogens is 234 g/mol. The summed E-state index contributed by atoms with van der Waals surface area (Å²) in [7, 11) is 0. The third-order valence-electron chi connectivity index (χ3n) is 5.49. The van der Waals surface area contributed by atoms with E-state index in [2.05, 4.69) is 20.8 Å². The molecule has 2 nitrogen and oxygen atoms in total. The average molecular weight is 257 g/mol. The number of rotatable bonds is 2. The van der Waals surface area contributed by atoms with Crippen LogP contribution in [0, 0.1) is 16.7 Å². The van der Waals surface area contributed by atoms with Crippen molar-refractivity contribution in [3.63, 3.8) is 0 Å². The predicted octanol–water partition coefficient (Wildman–Crippen LogP) is 4.03. The molecule has 0 saturated heterocycles. The molecule has 0 unspecified atom stereocenters. The molecule has 0 aliphatic heterocycles. The first-order chi connectivity index (χ1) is 8.93. The molecule has 19 heavy (non-hydrogen) atoms. The molecule has 2 bridgehead atoms. The van der Waals surface area contributed by atoms with Crippen molar-refractivity contribution in [3.8, 4) is 5.75 Å². The van der Waals surface area contributed by atoms with E-state index in [-0.39, 0.29) is 5.41 Å². The first-order valence-corrected chi connectivity index (χ1v) is 7.25. The van der Waals surface area contributed by atoms with Gasteiger partial charge in [0.15, 0.2) is 0 Å². The Hall–Kier alpha value is -1.31. The van der Waals surface area contributed by atoms with Gasteiger partial charge in [0, 0.05) is 11.8 Å². The van der Waals surface area contributed by atoms with Gasteiger partial charge in [-0.2, -0.15) is 0 Å². The molecule has 2 saturated carbocycles. The van der Waals surface area contributed by atoms with Gasteiger partial charge in [0.1, 0.15) is 5.75 Å². The highest BCUT2D eigenvalue weighted by molar-refractivity contribution is 5.83. The number of para-hydroxylation sites is 1. The SMILES string of the molecule is CC1(C)[C@H]2CC[C@](C)(C2)[C@H]1N=Cc1ccccc1O. The maximum Gasteiger partial charge on any atom is 0.124 e. The molecule has 0 spiro atoms. The summed E-state index contributed by atoms with van der Waals surface area (Å²) < 4.78 is 0. The lowest BCUT2D eigenvalue weighted by Crippen LogP contribution is -2.39. The van der Waals surface area contributed by atoms with Crippen LogP contribution in [0.3, 0.4) is 0 Å². The van der Waals surface area contributed by atoms with Crippen molar-refractivity contribution in [2.45, 2.75) is 46.1 Å². The number of aliphatic imine (C=N–C) groups is 1. The Morgan fingerprint density at radius 1 is 1.26 bits per heavy atom. The number of benzene rings is 1. The van der Waals surface area contributed by atoms with Crippen LogP contribution in [0.15, 0.2) is 29.3 Å². The van der Waals surface area contributed by atoms with Gasteiger partial charge in [-0.3, -0.25) is 4.99 Å². The van der Waals surface area contributed by atoms with Crippen molar-refractivity contribution in [3.05, 3.63) is 29.8 Å². The highest BCUT2D eigenvalue weighted by atomic mass is 16.3. The number of phenols is 1. The Kier molecular flexibility index (Phi) is 2.74. The molecular formula is C17H23NO. The molecule has 3 rings (SSSR count). The van der Waals surface area contributed by atoms with E-state index in [9.17, 15) is 5.11 Å². The molecule has 2 aliphatic rings. The van der Waals surface area contributed by atoms with Crippen molar-refractivity contribution >= 4 is 6.21 Å². The van der Waals surface area contributed by atoms with E-state index in [1.165, 1.54) is 19.3 Å². The second-order valence-corrected chi connectivity index (χ2v) is 7.15. The highest BCUT2D eigenvalue weighted by Gasteiger charge is 2.59. The Labute approximate surface area is 115 Å². The second kappa shape index (κ2) is 4.09. The van der Waals surface area contributed by atoms with Crippen LogP contribution < -0.4 is 0 Å². The van der Waals surface area contributed by atoms with E-state index < -0.39 is 0 Å². The molecule has 1 aromatic rings. The third kappa shape index (κ3) is 1.89. The second-order valence-electron chi connectivity index (χ2n) is 7.15. The normalized spacial score (nSPS) is 36.2. The topological polar surface area (TPSA) is 32.6 Å². The zero-order valence-corrected chi connectivity index (χ0v) is 12.1. The monoisotopic (exact) mass is 257 g/mol. The summed E-state index contributed by atoms with van der Waals surface area (Å²) in [5, 5.41) is 9.82. The summed E-state index contributed by atoms with van der Waals surface area (Å²) in [6.07, 6.45) is 5.83. The van der Waals surface area contributed by atoms with Gasteiger partial charge in [0.2, 0.25) is 0 Å². The largest absolute Gasteiger partial charge is 0.507 e. The maximum atomic E-state index is 9.82. The lowest BCUT2D eigenvalue weighted by Gasteiger charge is -2.40. The Morgan fingerprint density at radius 2 is 2.00 bits per heavy atom. The van der Waals surface area contributed by atoms with Crippen LogP contribution in [0.4, 0.5) is 0 Å². The molecule has 2 heteroatoms. The van der Waals surface area contributed by atoms with Crippen LogP contribution in [-0.4, -0.2) is 17.4 Å². The van der Waals surface area contributed by atoms with E-state index in [1.54, 1.807) is 6.07 Å². The fraction of sp³-hybridized carbons (Fsp3) is 0.588. The molecule has 0 radical (unpaired) electrons. The van der Waals surface area contributed by atoms with Crippen molar-refractivity contribution in [1.29, 1.82) is 0 Å². The van der Waals surface area contributed by atoms with E-state index >= 15 is 0 Å². The first-order valence-electron chi connectivity index (χ1n) is 7.25. The maximum absolute atomic E-state index is 9.82. The number of fused-ring (bicyclic) bond motifs is 2. The summed E-state index contributed by atoms with van der Waals surface area (Å²) >= 11 is 0. The number of aromatic hydroxyl groups is 1. The number of hydrogen-bond donors (Lipinski definition) is 1. The highest BCUT2D eigenvalue weighted by Crippen LogP contribution is 2.63. The van der Waals surface area contributed by atoms with Gasteiger partial charge >= 0.3 is 0 Å². The van der Waals surface area contributed by atoms with Crippen LogP contribution in [0.1, 0.15) is 45.6 Å². The molecule has 3 atom stereocenters. The Balaban J connectivity index is 1.89. The van der Waals surface area contributed by atoms with E-state index in [1.807, 2.05) is 24.4 Å². The van der Waals surface area contributed by atoms with Crippen molar-refractivity contribution in [2.75, 3.05) is 0 Å². The first kappa shape index (κ1) is 12.7. The van der Waals surface area contributed by atoms with Gasteiger partial charge in [-0.1, -0.05) is 32.9 Å². The smallest absolute Gasteiger partial charge is 0.124 e. The minimum Gasteiger partial charge on any atom is -0.507 e. The molecule has 0 amide bonds. The molecule has 2 aliphatic carbocycles. The summed E-state index contributed by atoms with van der Waals surface area (Å²) in [6.45, 7) is 7.10. The van der Waals surface area contributed by atoms with E-state index in [0.29, 0.717) is 17.2 Å². The van der Waals surface area contributed by atoms with Crippen LogP contribution >= 0.6 is 0 Å². The quantitative estimate of drug-likeness (QED) is 0.797. The minimum absolute atomic E-state index is 0.286. The van der Waals surface area contributed by atoms with Crippen LogP contribution in [0.5, 0.6) is 5.75 Å². The molecule has 102 valence electrons. The number of hydrogen-bond acceptors (Lipinski definition) is 2. The van der Waals surface area contributed by atoms with Crippen LogP contribution in [0.2, 0.25) is 0 Å². The lowest BCUT2D eigenvalue weighted by atomic mass is 9.69. The standard InChI is InChI=1S/C17H23NO/c1-16(2)13-8-9-17(3,10-13)15(16)18-11-12-6-4-5-7-14(12)19/h4-7,11,13,15,19H,8-10H2,1-3H3/t13-,15-,17+/m0/s1. The average Bonchev–Trinajstić information content (AvgIpc) is 2.82. The zero-order chi connectivity index (χ0) is 13.7. The summed E-state index contributed by atoms with van der Waals surface area (Å²) in [4.78, 5) is 4.88. The zero-order valence-electron chi connectivity index (χ0n) is 12.1. The van der Waals surface area contributed by atoms with E-state index in [4.69, 9.17) is 4.99 Å². The third-order valence-corrected chi connectivity index (χ3v) is 5.49. The van der Waals surface area contributed by atoms with Gasteiger partial charge in [-0.25, -0.2) is 0 Å². The summed E-state index contributed by atoms with van der Waals surface area (Å²) in [5.41, 5.74) is 1.47. The molecule has 2 fully saturated rings. The number of nitrogens with zero attached hydrogens (tertiary/aromatic N) is 1. The van der Waals surface area contributed by atoms with Crippen molar-refractivity contribution < 1.29 is 5.11 Å². The van der Waals surface area contributed by atoms with E-state index in [0.717, 1.165) is 11.5 Å². The minimum atomic E-state index is 0.286. The molecule has 1 aromatic carbocycles. The fourth-order valence-corrected chi connectivity index (χ4v) is 4.40. The summed E-state index contributed by atoms with van der Waals surface area (Å²) in [5.74, 6) is 1.13. The van der Waals surface area contributed by atoms with Crippen molar-refractivity contribution in [2.24, 2.45) is 21.7 Å². The van der Waals surface area contributed by atoms with Gasteiger partial charge < -0.3 is 5.11 Å². The summed E-state index contributed by atoms with van der Waals surface area (Å²) in [6, 6.07) is 7.79. The molecule has 0 aromatic heterocycles. The van der Waals surface area contributed by atoms with Crippen molar-refractivity contribution in [1.82, 2.24) is 0 Å². The predicted molar refractivity (Wildman–Crippen MR) is 78.7 cm³/mol. The van der Waals surface area contributed by atoms with Gasteiger partial charge in [0.25, 0.3) is 0 Å². The number of phenolic OH excluding ortho intramolecular Hbond substituents is 1. The van der Waals surface area contributed by atoms with Gasteiger partial charge in [-0.15, -0.1) is 0 Å². The van der Waals surface area contributed by atoms with Gasteiger partial charge in [-0.05, 0) is 48.1 Å². The van der Waals surface area contributed by atoms with Gasteiger partial charge in [0.05, 0.1) is 6.04 Å². The molecule has 0 heterocycles. The lowest BCUT2D eigenvalue weighted by molar-refractivity contribution is 0.143. The Morgan fingerprint density at radius 3 is 2.63 bits per heavy atom. The van der Waals surface area contributed by atoms with Crippen LogP contribution in [0.25, 0.3) is 0 Å².